The van der Waals surface area contributed by atoms with E-state index >= 15 is 0 Å². The Morgan fingerprint density at radius 1 is 0.712 bits per heavy atom. The van der Waals surface area contributed by atoms with Crippen molar-refractivity contribution < 1.29 is 13.8 Å². The smallest absolute Gasteiger partial charge is 0.258 e. The van der Waals surface area contributed by atoms with Crippen molar-refractivity contribution in [1.29, 1.82) is 0 Å². The standard InChI is InChI=1S/C20H21N3O3S.C18H19N3O2.C2H6/c1-12(2)18-14-4-3-13(20(25)23-7-9-27(26)10-8-23)11-15(14)17-16(22-18)5-6-21-19(17)24;1-10(2)16-12-6-5-11(18(23)21(3)4)9-13(12)15-14(20-16)7-8-19-17(15)22;1-2/h3-6,11-12H,7-10H2,1-2H3,(H,21,24);5-10H,1-4H3,(H,19,22);1-2H3. The van der Waals surface area contributed by atoms with Gasteiger partial charge < -0.3 is 19.8 Å². The predicted molar refractivity (Wildman–Crippen MR) is 211 cm³/mol. The fourth-order valence-corrected chi connectivity index (χ4v) is 7.45. The number of benzene rings is 2. The molecular formula is C40H46N6O5S. The van der Waals surface area contributed by atoms with Gasteiger partial charge in [-0.15, -0.1) is 0 Å². The van der Waals surface area contributed by atoms with Crippen LogP contribution < -0.4 is 11.1 Å². The summed E-state index contributed by atoms with van der Waals surface area (Å²) in [6.07, 6.45) is 3.19. The Labute approximate surface area is 304 Å². The highest BCUT2D eigenvalue weighted by Crippen LogP contribution is 2.31. The van der Waals surface area contributed by atoms with Gasteiger partial charge in [0.2, 0.25) is 0 Å². The molecule has 0 aliphatic carbocycles. The van der Waals surface area contributed by atoms with E-state index in [9.17, 15) is 23.4 Å². The first-order chi connectivity index (χ1) is 24.8. The van der Waals surface area contributed by atoms with Crippen LogP contribution in [0.25, 0.3) is 43.4 Å². The Bertz CT molecular complexity index is 2440. The first-order valence-corrected chi connectivity index (χ1v) is 19.1. The molecule has 4 aromatic heterocycles. The molecular weight excluding hydrogens is 677 g/mol. The summed E-state index contributed by atoms with van der Waals surface area (Å²) >= 11 is 0. The quantitative estimate of drug-likeness (QED) is 0.202. The van der Waals surface area contributed by atoms with E-state index in [1.54, 1.807) is 67.8 Å². The van der Waals surface area contributed by atoms with E-state index in [0.717, 1.165) is 32.9 Å². The lowest BCUT2D eigenvalue weighted by molar-refractivity contribution is 0.0770. The lowest BCUT2D eigenvalue weighted by Gasteiger charge is -2.26. The molecule has 1 aliphatic rings. The minimum atomic E-state index is -0.834. The molecule has 1 saturated heterocycles. The maximum Gasteiger partial charge on any atom is 0.258 e. The number of nitrogens with zero attached hydrogens (tertiary/aromatic N) is 4. The molecule has 1 fully saturated rings. The minimum absolute atomic E-state index is 0.0861. The molecule has 1 aliphatic heterocycles. The second-order valence-corrected chi connectivity index (χ2v) is 15.0. The number of rotatable bonds is 4. The molecule has 0 radical (unpaired) electrons. The van der Waals surface area contributed by atoms with Crippen LogP contribution in [0.15, 0.2) is 70.5 Å². The van der Waals surface area contributed by atoms with E-state index in [1.807, 2.05) is 26.0 Å². The topological polar surface area (TPSA) is 149 Å². The first kappa shape index (κ1) is 38.0. The third-order valence-electron chi connectivity index (χ3n) is 8.95. The number of hydrogen-bond acceptors (Lipinski definition) is 7. The number of carbonyl (C=O) groups excluding carboxylic acids is 2. The SMILES string of the molecule is CC.CC(C)c1nc2cc[nH]c(=O)c2c2cc(C(=O)N(C)C)ccc12.CC(C)c1nc2cc[nH]c(=O)c2c2cc(C(=O)N3CCS(=O)CC3)ccc12. The molecule has 52 heavy (non-hydrogen) atoms. The molecule has 6 aromatic rings. The van der Waals surface area contributed by atoms with Crippen molar-refractivity contribution in [2.24, 2.45) is 0 Å². The summed E-state index contributed by atoms with van der Waals surface area (Å²) in [6.45, 7) is 13.3. The summed E-state index contributed by atoms with van der Waals surface area (Å²) in [7, 11) is 2.59. The van der Waals surface area contributed by atoms with E-state index in [2.05, 4.69) is 47.6 Å². The van der Waals surface area contributed by atoms with Crippen molar-refractivity contribution in [2.45, 2.75) is 53.4 Å². The van der Waals surface area contributed by atoms with Crippen molar-refractivity contribution in [3.05, 3.63) is 104 Å². The summed E-state index contributed by atoms with van der Waals surface area (Å²) in [5, 5.41) is 4.36. The van der Waals surface area contributed by atoms with Gasteiger partial charge >= 0.3 is 0 Å². The van der Waals surface area contributed by atoms with E-state index in [-0.39, 0.29) is 34.8 Å². The van der Waals surface area contributed by atoms with Crippen molar-refractivity contribution in [1.82, 2.24) is 29.7 Å². The van der Waals surface area contributed by atoms with Gasteiger partial charge in [0.05, 0.1) is 33.2 Å². The van der Waals surface area contributed by atoms with Crippen LogP contribution in [0.1, 0.15) is 85.5 Å². The summed E-state index contributed by atoms with van der Waals surface area (Å²) in [4.78, 5) is 67.9. The Morgan fingerprint density at radius 3 is 1.60 bits per heavy atom. The number of aromatic nitrogens is 4. The zero-order valence-electron chi connectivity index (χ0n) is 31.0. The van der Waals surface area contributed by atoms with Gasteiger partial charge in [0.15, 0.2) is 0 Å². The van der Waals surface area contributed by atoms with Crippen LogP contribution in [0, 0.1) is 0 Å². The number of nitrogens with one attached hydrogen (secondary N) is 2. The fourth-order valence-electron chi connectivity index (χ4n) is 6.40. The average molecular weight is 723 g/mol. The third-order valence-corrected chi connectivity index (χ3v) is 10.2. The molecule has 0 saturated carbocycles. The van der Waals surface area contributed by atoms with Crippen LogP contribution in [0.3, 0.4) is 0 Å². The van der Waals surface area contributed by atoms with E-state index in [0.29, 0.717) is 57.5 Å². The molecule has 0 unspecified atom stereocenters. The summed E-state index contributed by atoms with van der Waals surface area (Å²) in [5.74, 6) is 1.27. The van der Waals surface area contributed by atoms with Gasteiger partial charge in [-0.05, 0) is 59.0 Å². The zero-order valence-corrected chi connectivity index (χ0v) is 31.8. The van der Waals surface area contributed by atoms with Gasteiger partial charge in [0.1, 0.15) is 0 Å². The average Bonchev–Trinajstić information content (AvgIpc) is 3.14. The van der Waals surface area contributed by atoms with Crippen LogP contribution in [0.2, 0.25) is 0 Å². The highest BCUT2D eigenvalue weighted by atomic mass is 32.2. The molecule has 11 nitrogen and oxygen atoms in total. The molecule has 5 heterocycles. The molecule has 7 rings (SSSR count). The van der Waals surface area contributed by atoms with Crippen molar-refractivity contribution in [2.75, 3.05) is 38.7 Å². The Kier molecular flexibility index (Phi) is 11.7. The van der Waals surface area contributed by atoms with Gasteiger partial charge in [-0.25, -0.2) is 0 Å². The largest absolute Gasteiger partial charge is 0.345 e. The lowest BCUT2D eigenvalue weighted by Crippen LogP contribution is -2.41. The number of pyridine rings is 4. The second-order valence-electron chi connectivity index (χ2n) is 13.3. The molecule has 2 N–H and O–H groups in total. The second kappa shape index (κ2) is 16.0. The Balaban J connectivity index is 0.000000194. The minimum Gasteiger partial charge on any atom is -0.345 e. The van der Waals surface area contributed by atoms with Gasteiger partial charge in [0, 0.05) is 83.8 Å². The van der Waals surface area contributed by atoms with E-state index in [4.69, 9.17) is 0 Å². The highest BCUT2D eigenvalue weighted by molar-refractivity contribution is 7.85. The van der Waals surface area contributed by atoms with Gasteiger partial charge in [-0.3, -0.25) is 33.4 Å². The number of amides is 2. The first-order valence-electron chi connectivity index (χ1n) is 17.6. The van der Waals surface area contributed by atoms with Crippen LogP contribution >= 0.6 is 0 Å². The van der Waals surface area contributed by atoms with Crippen molar-refractivity contribution >= 4 is 66.0 Å². The summed E-state index contributed by atoms with van der Waals surface area (Å²) < 4.78 is 11.6. The maximum atomic E-state index is 12.9. The Morgan fingerprint density at radius 2 is 1.15 bits per heavy atom. The summed E-state index contributed by atoms with van der Waals surface area (Å²) in [6, 6.07) is 14.5. The fraction of sp³-hybridized carbons (Fsp3) is 0.350. The van der Waals surface area contributed by atoms with Crippen molar-refractivity contribution in [3.8, 4) is 0 Å². The third kappa shape index (κ3) is 7.52. The molecule has 2 aromatic carbocycles. The van der Waals surface area contributed by atoms with Crippen LogP contribution in [0.5, 0.6) is 0 Å². The monoisotopic (exact) mass is 722 g/mol. The van der Waals surface area contributed by atoms with Crippen LogP contribution in [-0.2, 0) is 10.8 Å². The predicted octanol–water partition coefficient (Wildman–Crippen LogP) is 6.33. The number of carbonyl (C=O) groups is 2. The van der Waals surface area contributed by atoms with Crippen LogP contribution in [0.4, 0.5) is 0 Å². The number of hydrogen-bond donors (Lipinski definition) is 2. The molecule has 12 heteroatoms. The maximum absolute atomic E-state index is 12.9. The number of fused-ring (bicyclic) bond motifs is 6. The van der Waals surface area contributed by atoms with Gasteiger partial charge in [-0.1, -0.05) is 53.7 Å². The Hall–Kier alpha value is -5.23. The molecule has 0 bridgehead atoms. The van der Waals surface area contributed by atoms with Crippen molar-refractivity contribution in [3.63, 3.8) is 0 Å². The van der Waals surface area contributed by atoms with Gasteiger partial charge in [-0.2, -0.15) is 0 Å². The molecule has 272 valence electrons. The van der Waals surface area contributed by atoms with Gasteiger partial charge in [0.25, 0.3) is 22.9 Å². The molecule has 0 spiro atoms. The lowest BCUT2D eigenvalue weighted by atomic mass is 9.97. The van der Waals surface area contributed by atoms with Crippen LogP contribution in [-0.4, -0.2) is 84.4 Å². The number of H-pyrrole nitrogens is 2. The molecule has 2 amide bonds. The zero-order chi connectivity index (χ0) is 37.9. The normalized spacial score (nSPS) is 13.3. The molecule has 0 atom stereocenters. The number of aromatic amines is 2. The van der Waals surface area contributed by atoms with E-state index in [1.165, 1.54) is 4.90 Å². The van der Waals surface area contributed by atoms with E-state index < -0.39 is 10.8 Å². The summed E-state index contributed by atoms with van der Waals surface area (Å²) in [5.41, 5.74) is 3.83. The highest BCUT2D eigenvalue weighted by Gasteiger charge is 2.23.